The fourth-order valence-corrected chi connectivity index (χ4v) is 4.02. The van der Waals surface area contributed by atoms with Gasteiger partial charge in [-0.2, -0.15) is 5.10 Å². The fourth-order valence-electron chi connectivity index (χ4n) is 3.85. The number of rotatable bonds is 2. The summed E-state index contributed by atoms with van der Waals surface area (Å²) in [6, 6.07) is 13.5. The Morgan fingerprint density at radius 2 is 1.86 bits per heavy atom. The largest absolute Gasteiger partial charge is 0.353 e. The highest BCUT2D eigenvalue weighted by atomic mass is 35.5. The first-order valence-electron chi connectivity index (χ1n) is 9.34. The molecular formula is C21H20ClN5O. The number of carbonyl (C=O) groups excluding carboxylic acids is 1. The van der Waals surface area contributed by atoms with Gasteiger partial charge in [-0.1, -0.05) is 17.7 Å². The standard InChI is InChI=1S/C21H20ClN5O/c1-26-7-9-27(10-8-26)21(28)14-3-2-4-17-16(14)12-19(23-17)20-15-6-5-13(22)11-18(15)24-25-20/h2-6,11-12,23H,7-10H2,1H3,(H,24,25). The Bertz CT molecular complexity index is 1190. The third kappa shape index (κ3) is 2.85. The summed E-state index contributed by atoms with van der Waals surface area (Å²) in [5.74, 6) is 0.0860. The summed E-state index contributed by atoms with van der Waals surface area (Å²) in [5.41, 5.74) is 4.24. The van der Waals surface area contributed by atoms with Crippen LogP contribution in [-0.2, 0) is 0 Å². The lowest BCUT2D eigenvalue weighted by molar-refractivity contribution is 0.0666. The summed E-state index contributed by atoms with van der Waals surface area (Å²) in [5, 5.41) is 10.1. The van der Waals surface area contributed by atoms with Gasteiger partial charge < -0.3 is 14.8 Å². The van der Waals surface area contributed by atoms with Crippen LogP contribution < -0.4 is 0 Å². The molecule has 2 N–H and O–H groups in total. The van der Waals surface area contributed by atoms with Gasteiger partial charge in [-0.25, -0.2) is 0 Å². The van der Waals surface area contributed by atoms with Crippen molar-refractivity contribution in [2.45, 2.75) is 0 Å². The van der Waals surface area contributed by atoms with Crippen LogP contribution in [-0.4, -0.2) is 64.1 Å². The summed E-state index contributed by atoms with van der Waals surface area (Å²) >= 11 is 6.08. The molecule has 6 nitrogen and oxygen atoms in total. The molecule has 2 aromatic heterocycles. The molecule has 0 unspecified atom stereocenters. The second-order valence-corrected chi connectivity index (χ2v) is 7.74. The van der Waals surface area contributed by atoms with Gasteiger partial charge >= 0.3 is 0 Å². The number of aromatic amines is 2. The highest BCUT2D eigenvalue weighted by Crippen LogP contribution is 2.31. The molecule has 1 aliphatic heterocycles. The molecule has 5 rings (SSSR count). The first-order valence-corrected chi connectivity index (χ1v) is 9.71. The fraction of sp³-hybridized carbons (Fsp3) is 0.238. The number of H-pyrrole nitrogens is 2. The number of nitrogens with one attached hydrogen (secondary N) is 2. The number of carbonyl (C=O) groups is 1. The summed E-state index contributed by atoms with van der Waals surface area (Å²) < 4.78 is 0. The molecule has 0 atom stereocenters. The molecule has 3 heterocycles. The van der Waals surface area contributed by atoms with Crippen LogP contribution in [0.4, 0.5) is 0 Å². The van der Waals surface area contributed by atoms with Crippen LogP contribution in [0.2, 0.25) is 5.02 Å². The van der Waals surface area contributed by atoms with E-state index in [1.807, 2.05) is 47.4 Å². The highest BCUT2D eigenvalue weighted by molar-refractivity contribution is 6.31. The zero-order chi connectivity index (χ0) is 19.3. The van der Waals surface area contributed by atoms with Crippen LogP contribution in [0.3, 0.4) is 0 Å². The van der Waals surface area contributed by atoms with Crippen molar-refractivity contribution in [2.75, 3.05) is 33.2 Å². The van der Waals surface area contributed by atoms with Crippen molar-refractivity contribution < 1.29 is 4.79 Å². The number of halogens is 1. The maximum Gasteiger partial charge on any atom is 0.254 e. The van der Waals surface area contributed by atoms with Crippen molar-refractivity contribution in [3.8, 4) is 11.4 Å². The summed E-state index contributed by atoms with van der Waals surface area (Å²) in [7, 11) is 2.09. The maximum absolute atomic E-state index is 13.1. The van der Waals surface area contributed by atoms with Crippen LogP contribution >= 0.6 is 11.6 Å². The number of hydrogen-bond acceptors (Lipinski definition) is 3. The molecule has 4 aromatic rings. The van der Waals surface area contributed by atoms with Gasteiger partial charge in [-0.05, 0) is 43.4 Å². The predicted octanol–water partition coefficient (Wildman–Crippen LogP) is 3.75. The molecule has 0 aliphatic carbocycles. The maximum atomic E-state index is 13.1. The molecule has 1 saturated heterocycles. The summed E-state index contributed by atoms with van der Waals surface area (Å²) in [4.78, 5) is 20.7. The Kier molecular flexibility index (Phi) is 4.10. The molecule has 1 amide bonds. The van der Waals surface area contributed by atoms with Crippen molar-refractivity contribution in [2.24, 2.45) is 0 Å². The van der Waals surface area contributed by atoms with Crippen molar-refractivity contribution in [3.05, 3.63) is 53.1 Å². The van der Waals surface area contributed by atoms with E-state index in [2.05, 4.69) is 27.1 Å². The molecule has 142 valence electrons. The van der Waals surface area contributed by atoms with Crippen molar-refractivity contribution in [1.82, 2.24) is 25.0 Å². The monoisotopic (exact) mass is 393 g/mol. The van der Waals surface area contributed by atoms with Crippen molar-refractivity contribution in [1.29, 1.82) is 0 Å². The lowest BCUT2D eigenvalue weighted by Crippen LogP contribution is -2.47. The lowest BCUT2D eigenvalue weighted by Gasteiger charge is -2.32. The molecule has 7 heteroatoms. The molecular weight excluding hydrogens is 374 g/mol. The zero-order valence-corrected chi connectivity index (χ0v) is 16.3. The number of amides is 1. The van der Waals surface area contributed by atoms with Crippen LogP contribution in [0.1, 0.15) is 10.4 Å². The molecule has 1 fully saturated rings. The van der Waals surface area contributed by atoms with E-state index in [0.717, 1.165) is 64.9 Å². The summed E-state index contributed by atoms with van der Waals surface area (Å²) in [6.07, 6.45) is 0. The highest BCUT2D eigenvalue weighted by Gasteiger charge is 2.23. The third-order valence-corrected chi connectivity index (χ3v) is 5.70. The molecule has 28 heavy (non-hydrogen) atoms. The van der Waals surface area contributed by atoms with E-state index < -0.39 is 0 Å². The normalized spacial score (nSPS) is 15.6. The van der Waals surface area contributed by atoms with Gasteiger partial charge in [0, 0.05) is 53.1 Å². The molecule has 0 spiro atoms. The van der Waals surface area contributed by atoms with E-state index in [9.17, 15) is 4.79 Å². The smallest absolute Gasteiger partial charge is 0.254 e. The van der Waals surface area contributed by atoms with Gasteiger partial charge in [0.15, 0.2) is 0 Å². The van der Waals surface area contributed by atoms with Crippen molar-refractivity contribution >= 4 is 39.3 Å². The minimum atomic E-state index is 0.0860. The van der Waals surface area contributed by atoms with E-state index in [1.165, 1.54) is 0 Å². The lowest BCUT2D eigenvalue weighted by atomic mass is 10.1. The number of hydrogen-bond donors (Lipinski definition) is 2. The topological polar surface area (TPSA) is 68.0 Å². The van der Waals surface area contributed by atoms with Crippen LogP contribution in [0.15, 0.2) is 42.5 Å². The Morgan fingerprint density at radius 3 is 2.68 bits per heavy atom. The minimum absolute atomic E-state index is 0.0860. The summed E-state index contributed by atoms with van der Waals surface area (Å²) in [6.45, 7) is 3.32. The zero-order valence-electron chi connectivity index (χ0n) is 15.5. The van der Waals surface area contributed by atoms with Gasteiger partial charge in [0.2, 0.25) is 0 Å². The molecule has 0 saturated carbocycles. The average molecular weight is 394 g/mol. The first-order chi connectivity index (χ1) is 13.6. The van der Waals surface area contributed by atoms with Gasteiger partial charge in [0.25, 0.3) is 5.91 Å². The van der Waals surface area contributed by atoms with Gasteiger partial charge in [-0.3, -0.25) is 9.89 Å². The van der Waals surface area contributed by atoms with Gasteiger partial charge in [0.1, 0.15) is 5.69 Å². The average Bonchev–Trinajstić information content (AvgIpc) is 3.31. The van der Waals surface area contributed by atoms with E-state index in [1.54, 1.807) is 0 Å². The van der Waals surface area contributed by atoms with Crippen LogP contribution in [0.5, 0.6) is 0 Å². The number of fused-ring (bicyclic) bond motifs is 2. The molecule has 2 aromatic carbocycles. The van der Waals surface area contributed by atoms with Gasteiger partial charge in [-0.15, -0.1) is 0 Å². The predicted molar refractivity (Wildman–Crippen MR) is 112 cm³/mol. The molecule has 0 bridgehead atoms. The second kappa shape index (κ2) is 6.65. The number of likely N-dealkylation sites (N-methyl/N-ethyl adjacent to an activating group) is 1. The van der Waals surface area contributed by atoms with E-state index in [4.69, 9.17) is 11.6 Å². The number of nitrogens with zero attached hydrogens (tertiary/aromatic N) is 3. The molecule has 0 radical (unpaired) electrons. The number of piperazine rings is 1. The Labute approximate surface area is 167 Å². The first kappa shape index (κ1) is 17.3. The Morgan fingerprint density at radius 1 is 1.04 bits per heavy atom. The van der Waals surface area contributed by atoms with Crippen molar-refractivity contribution in [3.63, 3.8) is 0 Å². The molecule has 1 aliphatic rings. The number of aromatic nitrogens is 3. The SMILES string of the molecule is CN1CCN(C(=O)c2cccc3[nH]c(-c4n[nH]c5cc(Cl)ccc45)cc23)CC1. The van der Waals surface area contributed by atoms with E-state index in [-0.39, 0.29) is 5.91 Å². The van der Waals surface area contributed by atoms with Crippen LogP contribution in [0, 0.1) is 0 Å². The minimum Gasteiger partial charge on any atom is -0.353 e. The quantitative estimate of drug-likeness (QED) is 0.545. The van der Waals surface area contributed by atoms with Gasteiger partial charge in [0.05, 0.1) is 11.2 Å². The van der Waals surface area contributed by atoms with E-state index in [0.29, 0.717) is 5.02 Å². The van der Waals surface area contributed by atoms with E-state index >= 15 is 0 Å². The Balaban J connectivity index is 1.56. The van der Waals surface area contributed by atoms with Crippen LogP contribution in [0.25, 0.3) is 33.2 Å². The second-order valence-electron chi connectivity index (χ2n) is 7.31. The number of benzene rings is 2. The third-order valence-electron chi connectivity index (χ3n) is 5.47. The Hall–Kier alpha value is -2.83.